The predicted octanol–water partition coefficient (Wildman–Crippen LogP) is 2.84. The lowest BCUT2D eigenvalue weighted by Crippen LogP contribution is -2.32. The van der Waals surface area contributed by atoms with Crippen molar-refractivity contribution in [1.29, 1.82) is 0 Å². The third kappa shape index (κ3) is 3.08. The molecule has 16 heavy (non-hydrogen) atoms. The molecule has 0 aromatic carbocycles. The normalized spacial score (nSPS) is 13.4. The van der Waals surface area contributed by atoms with Crippen molar-refractivity contribution < 1.29 is 0 Å². The van der Waals surface area contributed by atoms with E-state index in [1.807, 2.05) is 6.33 Å². The van der Waals surface area contributed by atoms with Gasteiger partial charge in [-0.25, -0.2) is 4.98 Å². The maximum absolute atomic E-state index is 4.34. The number of hydrogen-bond donors (Lipinski definition) is 1. The van der Waals surface area contributed by atoms with Crippen LogP contribution in [0.5, 0.6) is 0 Å². The summed E-state index contributed by atoms with van der Waals surface area (Å²) in [6.45, 7) is 11.9. The fraction of sp³-hybridized carbons (Fsp3) is 0.769. The van der Waals surface area contributed by atoms with E-state index in [1.165, 1.54) is 18.5 Å². The summed E-state index contributed by atoms with van der Waals surface area (Å²) in [5.41, 5.74) is 2.41. The van der Waals surface area contributed by atoms with Crippen LogP contribution in [-0.2, 0) is 0 Å². The zero-order chi connectivity index (χ0) is 12.1. The van der Waals surface area contributed by atoms with Crippen LogP contribution in [0.3, 0.4) is 0 Å². The van der Waals surface area contributed by atoms with Crippen molar-refractivity contribution >= 4 is 0 Å². The summed E-state index contributed by atoms with van der Waals surface area (Å²) < 4.78 is 2.25. The molecule has 92 valence electrons. The maximum Gasteiger partial charge on any atom is 0.0954 e. The van der Waals surface area contributed by atoms with E-state index in [1.54, 1.807) is 0 Å². The fourth-order valence-corrected chi connectivity index (χ4v) is 1.97. The molecule has 1 heterocycles. The first-order valence-corrected chi connectivity index (χ1v) is 6.33. The number of aryl methyl sites for hydroxylation is 1. The molecule has 1 N–H and O–H groups in total. The molecule has 0 radical (unpaired) electrons. The second-order valence-electron chi connectivity index (χ2n) is 4.59. The third-order valence-corrected chi connectivity index (χ3v) is 3.45. The summed E-state index contributed by atoms with van der Waals surface area (Å²) >= 11 is 0. The van der Waals surface area contributed by atoms with Crippen molar-refractivity contribution in [2.24, 2.45) is 0 Å². The highest BCUT2D eigenvalue weighted by Crippen LogP contribution is 2.12. The smallest absolute Gasteiger partial charge is 0.0954 e. The average Bonchev–Trinajstić information content (AvgIpc) is 2.61. The van der Waals surface area contributed by atoms with Crippen LogP contribution in [0.1, 0.15) is 51.0 Å². The van der Waals surface area contributed by atoms with Crippen molar-refractivity contribution in [2.45, 2.75) is 59.5 Å². The molecule has 3 heteroatoms. The van der Waals surface area contributed by atoms with Crippen LogP contribution in [-0.4, -0.2) is 22.1 Å². The Balaban J connectivity index is 2.52. The first-order valence-electron chi connectivity index (χ1n) is 6.33. The molecule has 0 saturated carbocycles. The Bertz CT molecular complexity index is 313. The quantitative estimate of drug-likeness (QED) is 0.803. The molecule has 0 aliphatic heterocycles. The highest BCUT2D eigenvalue weighted by atomic mass is 15.1. The Morgan fingerprint density at radius 3 is 2.38 bits per heavy atom. The molecule has 3 nitrogen and oxygen atoms in total. The molecule has 0 amide bonds. The zero-order valence-electron chi connectivity index (χ0n) is 11.2. The Hall–Kier alpha value is -0.830. The molecular weight excluding hydrogens is 198 g/mol. The number of nitrogens with zero attached hydrogens (tertiary/aromatic N) is 2. The van der Waals surface area contributed by atoms with Gasteiger partial charge in [0.1, 0.15) is 0 Å². The van der Waals surface area contributed by atoms with Crippen LogP contribution in [0.15, 0.2) is 6.33 Å². The molecule has 0 aliphatic rings. The van der Waals surface area contributed by atoms with E-state index in [0.29, 0.717) is 12.1 Å². The fourth-order valence-electron chi connectivity index (χ4n) is 1.97. The molecule has 1 unspecified atom stereocenters. The van der Waals surface area contributed by atoms with Gasteiger partial charge in [0.25, 0.3) is 0 Å². The second kappa shape index (κ2) is 6.04. The summed E-state index contributed by atoms with van der Waals surface area (Å²) in [5.74, 6) is 0. The topological polar surface area (TPSA) is 29.9 Å². The Morgan fingerprint density at radius 1 is 1.31 bits per heavy atom. The van der Waals surface area contributed by atoms with Crippen molar-refractivity contribution in [3.8, 4) is 0 Å². The number of imidazole rings is 1. The van der Waals surface area contributed by atoms with Gasteiger partial charge in [-0.3, -0.25) is 0 Å². The third-order valence-electron chi connectivity index (χ3n) is 3.45. The molecule has 1 aromatic heterocycles. The molecule has 0 fully saturated rings. The van der Waals surface area contributed by atoms with Gasteiger partial charge < -0.3 is 9.88 Å². The van der Waals surface area contributed by atoms with Crippen molar-refractivity contribution in [2.75, 3.05) is 6.54 Å². The number of rotatable bonds is 6. The molecule has 1 aromatic rings. The van der Waals surface area contributed by atoms with Crippen molar-refractivity contribution in [3.05, 3.63) is 17.7 Å². The van der Waals surface area contributed by atoms with Gasteiger partial charge in [0.15, 0.2) is 0 Å². The van der Waals surface area contributed by atoms with Crippen LogP contribution in [0.4, 0.5) is 0 Å². The molecule has 0 aliphatic carbocycles. The van der Waals surface area contributed by atoms with E-state index in [9.17, 15) is 0 Å². The number of hydrogen-bond acceptors (Lipinski definition) is 2. The van der Waals surface area contributed by atoms with E-state index >= 15 is 0 Å². The molecule has 1 atom stereocenters. The van der Waals surface area contributed by atoms with E-state index in [2.05, 4.69) is 49.5 Å². The summed E-state index contributed by atoms with van der Waals surface area (Å²) in [6.07, 6.45) is 4.35. The minimum Gasteiger partial charge on any atom is -0.331 e. The van der Waals surface area contributed by atoms with Crippen LogP contribution in [0, 0.1) is 13.8 Å². The minimum absolute atomic E-state index is 0.474. The highest BCUT2D eigenvalue weighted by Gasteiger charge is 2.10. The van der Waals surface area contributed by atoms with Gasteiger partial charge >= 0.3 is 0 Å². The van der Waals surface area contributed by atoms with Crippen molar-refractivity contribution in [1.82, 2.24) is 14.9 Å². The first-order chi connectivity index (χ1) is 7.60. The lowest BCUT2D eigenvalue weighted by atomic mass is 10.1. The molecule has 1 rings (SSSR count). The van der Waals surface area contributed by atoms with Gasteiger partial charge in [-0.05, 0) is 33.6 Å². The van der Waals surface area contributed by atoms with Gasteiger partial charge in [0.05, 0.1) is 12.0 Å². The first kappa shape index (κ1) is 13.2. The maximum atomic E-state index is 4.34. The molecular formula is C13H25N3. The largest absolute Gasteiger partial charge is 0.331 e. The molecule has 0 bridgehead atoms. The monoisotopic (exact) mass is 223 g/mol. The molecule has 0 spiro atoms. The van der Waals surface area contributed by atoms with E-state index in [4.69, 9.17) is 0 Å². The Morgan fingerprint density at radius 2 is 1.94 bits per heavy atom. The molecule has 0 saturated heterocycles. The van der Waals surface area contributed by atoms with E-state index in [-0.39, 0.29) is 0 Å². The lowest BCUT2D eigenvalue weighted by Gasteiger charge is -2.20. The predicted molar refractivity (Wildman–Crippen MR) is 68.8 cm³/mol. The van der Waals surface area contributed by atoms with Crippen molar-refractivity contribution in [3.63, 3.8) is 0 Å². The number of aromatic nitrogens is 2. The Kier molecular flexibility index (Phi) is 5.00. The van der Waals surface area contributed by atoms with E-state index in [0.717, 1.165) is 12.2 Å². The van der Waals surface area contributed by atoms with Gasteiger partial charge in [-0.2, -0.15) is 0 Å². The van der Waals surface area contributed by atoms with Gasteiger partial charge in [-0.15, -0.1) is 0 Å². The standard InChI is InChI=1S/C13H25N3/c1-6-13(7-2)14-8-10(3)16-9-15-11(4)12(16)5/h9-10,13-14H,6-8H2,1-5H3. The zero-order valence-corrected chi connectivity index (χ0v) is 11.2. The van der Waals surface area contributed by atoms with Gasteiger partial charge in [-0.1, -0.05) is 13.8 Å². The Labute approximate surface area is 99.3 Å². The van der Waals surface area contributed by atoms with Crippen LogP contribution < -0.4 is 5.32 Å². The minimum atomic E-state index is 0.474. The second-order valence-corrected chi connectivity index (χ2v) is 4.59. The van der Waals surface area contributed by atoms with E-state index < -0.39 is 0 Å². The lowest BCUT2D eigenvalue weighted by molar-refractivity contribution is 0.418. The summed E-state index contributed by atoms with van der Waals surface area (Å²) in [6, 6.07) is 1.12. The van der Waals surface area contributed by atoms with Gasteiger partial charge in [0, 0.05) is 24.3 Å². The van der Waals surface area contributed by atoms with Crippen LogP contribution in [0.2, 0.25) is 0 Å². The summed E-state index contributed by atoms with van der Waals surface area (Å²) in [7, 11) is 0. The van der Waals surface area contributed by atoms with Crippen LogP contribution in [0.25, 0.3) is 0 Å². The average molecular weight is 223 g/mol. The summed E-state index contributed by atoms with van der Waals surface area (Å²) in [4.78, 5) is 4.34. The summed E-state index contributed by atoms with van der Waals surface area (Å²) in [5, 5.41) is 3.61. The SMILES string of the molecule is CCC(CC)NCC(C)n1cnc(C)c1C. The number of nitrogens with one attached hydrogen (secondary N) is 1. The van der Waals surface area contributed by atoms with Crippen LogP contribution >= 0.6 is 0 Å². The van der Waals surface area contributed by atoms with Gasteiger partial charge in [0.2, 0.25) is 0 Å². The highest BCUT2D eigenvalue weighted by molar-refractivity contribution is 5.09.